The molecule has 0 aliphatic heterocycles. The zero-order chi connectivity index (χ0) is 20.0. The van der Waals surface area contributed by atoms with Crippen molar-refractivity contribution in [2.75, 3.05) is 12.4 Å². The van der Waals surface area contributed by atoms with Crippen LogP contribution in [0.25, 0.3) is 0 Å². The van der Waals surface area contributed by atoms with Crippen molar-refractivity contribution < 1.29 is 27.4 Å². The first-order chi connectivity index (χ1) is 12.6. The summed E-state index contributed by atoms with van der Waals surface area (Å²) in [7, 11) is 0. The minimum atomic E-state index is -4.37. The molecule has 0 saturated heterocycles. The van der Waals surface area contributed by atoms with Gasteiger partial charge in [-0.1, -0.05) is 6.58 Å². The van der Waals surface area contributed by atoms with Crippen molar-refractivity contribution in [1.82, 2.24) is 0 Å². The predicted molar refractivity (Wildman–Crippen MR) is 99.3 cm³/mol. The van der Waals surface area contributed by atoms with E-state index in [1.165, 1.54) is 30.8 Å². The van der Waals surface area contributed by atoms with E-state index in [2.05, 4.69) is 6.58 Å². The van der Waals surface area contributed by atoms with Gasteiger partial charge < -0.3 is 9.47 Å². The molecule has 0 aliphatic rings. The molecule has 0 spiro atoms. The van der Waals surface area contributed by atoms with Crippen LogP contribution in [0.2, 0.25) is 0 Å². The van der Waals surface area contributed by atoms with E-state index in [1.807, 2.05) is 19.1 Å². The van der Waals surface area contributed by atoms with Gasteiger partial charge in [-0.05, 0) is 61.9 Å². The van der Waals surface area contributed by atoms with Gasteiger partial charge in [0.25, 0.3) is 0 Å². The van der Waals surface area contributed by atoms with Gasteiger partial charge in [0.1, 0.15) is 23.9 Å². The number of benzene rings is 2. The zero-order valence-corrected chi connectivity index (χ0v) is 15.7. The second-order valence-electron chi connectivity index (χ2n) is 5.87. The fraction of sp³-hybridized carbons (Fsp3) is 0.250. The Bertz CT molecular complexity index is 814. The van der Waals surface area contributed by atoms with Crippen LogP contribution in [0.4, 0.5) is 13.2 Å². The first-order valence-electron chi connectivity index (χ1n) is 8.03. The van der Waals surface area contributed by atoms with Crippen LogP contribution in [0.1, 0.15) is 18.1 Å². The molecule has 0 saturated carbocycles. The Kier molecular flexibility index (Phi) is 6.96. The van der Waals surface area contributed by atoms with Crippen molar-refractivity contribution >= 4 is 17.5 Å². The van der Waals surface area contributed by atoms with E-state index in [0.29, 0.717) is 23.0 Å². The molecule has 2 aromatic rings. The molecule has 0 atom stereocenters. The number of thioether (sulfide) groups is 1. The average molecular weight is 396 g/mol. The van der Waals surface area contributed by atoms with Crippen LogP contribution < -0.4 is 9.47 Å². The molecule has 7 heteroatoms. The SMILES string of the molecule is C=C(CSc1ccc(OCC(C)=O)c(C)c1)Oc1ccc(C(F)(F)F)cc1. The summed E-state index contributed by atoms with van der Waals surface area (Å²) >= 11 is 1.48. The smallest absolute Gasteiger partial charge is 0.416 e. The van der Waals surface area contributed by atoms with Gasteiger partial charge in [-0.25, -0.2) is 0 Å². The summed E-state index contributed by atoms with van der Waals surface area (Å²) in [5.41, 5.74) is 0.174. The Morgan fingerprint density at radius 1 is 1.15 bits per heavy atom. The Morgan fingerprint density at radius 2 is 1.81 bits per heavy atom. The summed E-state index contributed by atoms with van der Waals surface area (Å²) in [6, 6.07) is 10.1. The molecule has 27 heavy (non-hydrogen) atoms. The van der Waals surface area contributed by atoms with Crippen LogP contribution in [0.5, 0.6) is 11.5 Å². The highest BCUT2D eigenvalue weighted by molar-refractivity contribution is 7.99. The number of rotatable bonds is 8. The molecule has 2 rings (SSSR count). The molecule has 0 N–H and O–H groups in total. The molecule has 0 bridgehead atoms. The maximum absolute atomic E-state index is 12.6. The minimum Gasteiger partial charge on any atom is -0.486 e. The van der Waals surface area contributed by atoms with E-state index < -0.39 is 11.7 Å². The van der Waals surface area contributed by atoms with Crippen LogP contribution >= 0.6 is 11.8 Å². The fourth-order valence-corrected chi connectivity index (χ4v) is 2.94. The van der Waals surface area contributed by atoms with Crippen LogP contribution in [0, 0.1) is 6.92 Å². The number of ketones is 1. The number of aryl methyl sites for hydroxylation is 1. The number of ether oxygens (including phenoxy) is 2. The van der Waals surface area contributed by atoms with E-state index in [1.54, 1.807) is 6.07 Å². The lowest BCUT2D eigenvalue weighted by Gasteiger charge is -2.12. The minimum absolute atomic E-state index is 0.0328. The molecular formula is C20H19F3O3S. The highest BCUT2D eigenvalue weighted by atomic mass is 32.2. The van der Waals surface area contributed by atoms with E-state index in [-0.39, 0.29) is 12.4 Å². The molecular weight excluding hydrogens is 377 g/mol. The maximum atomic E-state index is 12.6. The Morgan fingerprint density at radius 3 is 2.37 bits per heavy atom. The van der Waals surface area contributed by atoms with Crippen molar-refractivity contribution in [2.45, 2.75) is 24.9 Å². The van der Waals surface area contributed by atoms with Gasteiger partial charge >= 0.3 is 6.18 Å². The summed E-state index contributed by atoms with van der Waals surface area (Å²) in [5, 5.41) is 0. The summed E-state index contributed by atoms with van der Waals surface area (Å²) in [4.78, 5) is 11.9. The summed E-state index contributed by atoms with van der Waals surface area (Å²) in [6.07, 6.45) is -4.37. The zero-order valence-electron chi connectivity index (χ0n) is 14.9. The Balaban J connectivity index is 1.88. The number of carbonyl (C=O) groups excluding carboxylic acids is 1. The van der Waals surface area contributed by atoms with Crippen LogP contribution in [0.3, 0.4) is 0 Å². The second kappa shape index (κ2) is 8.99. The third-order valence-corrected chi connectivity index (χ3v) is 4.47. The third-order valence-electron chi connectivity index (χ3n) is 3.42. The molecule has 0 unspecified atom stereocenters. The van der Waals surface area contributed by atoms with E-state index >= 15 is 0 Å². The number of halogens is 3. The van der Waals surface area contributed by atoms with Crippen molar-refractivity contribution in [3.63, 3.8) is 0 Å². The molecule has 0 aromatic heterocycles. The molecule has 0 radical (unpaired) electrons. The Labute approximate surface area is 160 Å². The van der Waals surface area contributed by atoms with Gasteiger partial charge in [-0.15, -0.1) is 11.8 Å². The number of alkyl halides is 3. The number of hydrogen-bond donors (Lipinski definition) is 0. The largest absolute Gasteiger partial charge is 0.486 e. The number of Topliss-reactive ketones (excluding diaryl/α,β-unsaturated/α-hetero) is 1. The van der Waals surface area contributed by atoms with Crippen LogP contribution in [-0.2, 0) is 11.0 Å². The van der Waals surface area contributed by atoms with E-state index in [0.717, 1.165) is 22.6 Å². The lowest BCUT2D eigenvalue weighted by molar-refractivity contribution is -0.137. The Hall–Kier alpha value is -2.41. The van der Waals surface area contributed by atoms with Crippen molar-refractivity contribution in [3.8, 4) is 11.5 Å². The number of carbonyl (C=O) groups is 1. The molecule has 2 aromatic carbocycles. The highest BCUT2D eigenvalue weighted by Gasteiger charge is 2.30. The lowest BCUT2D eigenvalue weighted by atomic mass is 10.2. The van der Waals surface area contributed by atoms with Gasteiger partial charge in [0.15, 0.2) is 5.78 Å². The lowest BCUT2D eigenvalue weighted by Crippen LogP contribution is -2.07. The first kappa shape index (κ1) is 20.9. The van der Waals surface area contributed by atoms with Gasteiger partial charge in [0.2, 0.25) is 0 Å². The van der Waals surface area contributed by atoms with Gasteiger partial charge in [-0.3, -0.25) is 4.79 Å². The standard InChI is InChI=1S/C20H19F3O3S/c1-13-10-18(8-9-19(13)25-11-14(2)24)27-12-15(3)26-17-6-4-16(5-7-17)20(21,22)23/h4-10H,3,11-12H2,1-2H3. The predicted octanol–water partition coefficient (Wildman–Crippen LogP) is 5.67. The molecule has 0 aliphatic carbocycles. The van der Waals surface area contributed by atoms with Gasteiger partial charge in [0.05, 0.1) is 11.3 Å². The summed E-state index contributed by atoms with van der Waals surface area (Å²) in [5.74, 6) is 1.76. The van der Waals surface area contributed by atoms with E-state index in [4.69, 9.17) is 9.47 Å². The molecule has 0 amide bonds. The van der Waals surface area contributed by atoms with Gasteiger partial charge in [-0.2, -0.15) is 13.2 Å². The van der Waals surface area contributed by atoms with Gasteiger partial charge in [0, 0.05) is 4.90 Å². The molecule has 144 valence electrons. The average Bonchev–Trinajstić information content (AvgIpc) is 2.58. The second-order valence-corrected chi connectivity index (χ2v) is 6.92. The monoisotopic (exact) mass is 396 g/mol. The maximum Gasteiger partial charge on any atom is 0.416 e. The first-order valence-corrected chi connectivity index (χ1v) is 9.02. The quantitative estimate of drug-likeness (QED) is 0.426. The van der Waals surface area contributed by atoms with E-state index in [9.17, 15) is 18.0 Å². The van der Waals surface area contributed by atoms with Crippen LogP contribution in [-0.4, -0.2) is 18.1 Å². The molecule has 0 heterocycles. The van der Waals surface area contributed by atoms with Crippen molar-refractivity contribution in [1.29, 1.82) is 0 Å². The van der Waals surface area contributed by atoms with Crippen molar-refractivity contribution in [3.05, 3.63) is 65.9 Å². The molecule has 3 nitrogen and oxygen atoms in total. The third kappa shape index (κ3) is 6.67. The summed E-state index contributed by atoms with van der Waals surface area (Å²) < 4.78 is 48.5. The topological polar surface area (TPSA) is 35.5 Å². The number of hydrogen-bond acceptors (Lipinski definition) is 4. The normalized spacial score (nSPS) is 11.1. The highest BCUT2D eigenvalue weighted by Crippen LogP contribution is 2.31. The molecule has 0 fully saturated rings. The van der Waals surface area contributed by atoms with Crippen molar-refractivity contribution in [2.24, 2.45) is 0 Å². The van der Waals surface area contributed by atoms with Crippen LogP contribution in [0.15, 0.2) is 59.7 Å². The fourth-order valence-electron chi connectivity index (χ4n) is 2.12. The summed E-state index contributed by atoms with van der Waals surface area (Å²) in [6.45, 7) is 7.17.